The van der Waals surface area contributed by atoms with E-state index in [4.69, 9.17) is 14.6 Å². The molecule has 11 nitrogen and oxygen atoms in total. The summed E-state index contributed by atoms with van der Waals surface area (Å²) in [5, 5.41) is 16.4. The Bertz CT molecular complexity index is 1150. The molecule has 2 atom stereocenters. The van der Waals surface area contributed by atoms with Crippen LogP contribution >= 0.6 is 0 Å². The number of aliphatic carboxylic acids is 2. The first-order valence-corrected chi connectivity index (χ1v) is 11.0. The molecule has 1 aliphatic rings. The van der Waals surface area contributed by atoms with Crippen LogP contribution in [-0.2, 0) is 35.3 Å². The van der Waals surface area contributed by atoms with Gasteiger partial charge in [0.2, 0.25) is 11.8 Å². The largest absolute Gasteiger partial charge is 0.490 e. The summed E-state index contributed by atoms with van der Waals surface area (Å²) in [6.45, 7) is -1.18. The summed E-state index contributed by atoms with van der Waals surface area (Å²) in [5.74, 6) is -6.41. The number of carbonyl (C=O) groups is 5. The molecule has 2 amide bonds. The Morgan fingerprint density at radius 3 is 2.24 bits per heavy atom. The maximum Gasteiger partial charge on any atom is 0.490 e. The number of alkyl halides is 3. The minimum Gasteiger partial charge on any atom is -0.480 e. The number of amides is 2. The minimum absolute atomic E-state index is 0.0116. The van der Waals surface area contributed by atoms with E-state index in [1.54, 1.807) is 55.8 Å². The number of rotatable bonds is 8. The molecule has 38 heavy (non-hydrogen) atoms. The molecule has 0 radical (unpaired) electrons. The molecule has 1 aliphatic heterocycles. The second-order valence-corrected chi connectivity index (χ2v) is 8.08. The van der Waals surface area contributed by atoms with Crippen LogP contribution in [0.3, 0.4) is 0 Å². The zero-order valence-corrected chi connectivity index (χ0v) is 20.0. The van der Waals surface area contributed by atoms with Gasteiger partial charge < -0.3 is 24.7 Å². The molecule has 14 heteroatoms. The van der Waals surface area contributed by atoms with E-state index < -0.39 is 55.0 Å². The van der Waals surface area contributed by atoms with E-state index in [0.29, 0.717) is 5.56 Å². The molecule has 204 valence electrons. The summed E-state index contributed by atoms with van der Waals surface area (Å²) in [5.41, 5.74) is 1.43. The fourth-order valence-corrected chi connectivity index (χ4v) is 3.65. The van der Waals surface area contributed by atoms with Crippen LogP contribution in [0.2, 0.25) is 0 Å². The Morgan fingerprint density at radius 1 is 1.08 bits per heavy atom. The van der Waals surface area contributed by atoms with E-state index in [-0.39, 0.29) is 18.9 Å². The number of carboxylic acids is 2. The SMILES string of the molecule is CN1C(=O)C[C@H](C(=O)N(CC(=O)O)CC(=O)OCc2ccccc2)[C@H]1c1cccnc1.O=C(O)C(F)(F)F. The van der Waals surface area contributed by atoms with Crippen molar-refractivity contribution in [2.24, 2.45) is 5.92 Å². The fourth-order valence-electron chi connectivity index (χ4n) is 3.65. The maximum absolute atomic E-state index is 13.2. The van der Waals surface area contributed by atoms with Gasteiger partial charge in [-0.15, -0.1) is 0 Å². The zero-order valence-electron chi connectivity index (χ0n) is 20.0. The Balaban J connectivity index is 0.000000638. The van der Waals surface area contributed by atoms with Crippen LogP contribution in [0.4, 0.5) is 13.2 Å². The van der Waals surface area contributed by atoms with Gasteiger partial charge in [0.25, 0.3) is 0 Å². The summed E-state index contributed by atoms with van der Waals surface area (Å²) in [7, 11) is 1.59. The van der Waals surface area contributed by atoms with Gasteiger partial charge in [-0.1, -0.05) is 36.4 Å². The first-order valence-electron chi connectivity index (χ1n) is 11.0. The average Bonchev–Trinajstić information content (AvgIpc) is 3.16. The summed E-state index contributed by atoms with van der Waals surface area (Å²) in [4.78, 5) is 64.5. The van der Waals surface area contributed by atoms with Crippen molar-refractivity contribution in [3.8, 4) is 0 Å². The Morgan fingerprint density at radius 2 is 1.71 bits per heavy atom. The quantitative estimate of drug-likeness (QED) is 0.479. The molecule has 1 fully saturated rings. The Kier molecular flexibility index (Phi) is 10.3. The lowest BCUT2D eigenvalue weighted by molar-refractivity contribution is -0.192. The number of benzene rings is 1. The van der Waals surface area contributed by atoms with Gasteiger partial charge in [-0.05, 0) is 17.2 Å². The van der Waals surface area contributed by atoms with Gasteiger partial charge in [0.15, 0.2) is 0 Å². The maximum atomic E-state index is 13.2. The Hall–Kier alpha value is -4.49. The van der Waals surface area contributed by atoms with Crippen LogP contribution in [0, 0.1) is 5.92 Å². The molecule has 0 saturated carbocycles. The topological polar surface area (TPSA) is 154 Å². The number of aromatic nitrogens is 1. The molecule has 0 spiro atoms. The minimum atomic E-state index is -5.08. The number of halogens is 3. The van der Waals surface area contributed by atoms with E-state index in [0.717, 1.165) is 10.5 Å². The van der Waals surface area contributed by atoms with Crippen molar-refractivity contribution in [2.75, 3.05) is 20.1 Å². The van der Waals surface area contributed by atoms with E-state index in [1.807, 2.05) is 6.07 Å². The number of nitrogens with zero attached hydrogens (tertiary/aromatic N) is 3. The van der Waals surface area contributed by atoms with Crippen molar-refractivity contribution in [1.82, 2.24) is 14.8 Å². The van der Waals surface area contributed by atoms with Gasteiger partial charge in [-0.25, -0.2) is 4.79 Å². The van der Waals surface area contributed by atoms with Crippen LogP contribution in [-0.4, -0.2) is 81.0 Å². The molecular weight excluding hydrogens is 515 g/mol. The lowest BCUT2D eigenvalue weighted by Gasteiger charge is -2.28. The van der Waals surface area contributed by atoms with Crippen LogP contribution in [0.5, 0.6) is 0 Å². The third kappa shape index (κ3) is 8.57. The predicted octanol–water partition coefficient (Wildman–Crippen LogP) is 1.89. The number of carboxylic acid groups (broad SMARTS) is 2. The first-order chi connectivity index (χ1) is 17.8. The standard InChI is InChI=1S/C22H23N3O6.C2HF3O2/c1-24-18(26)10-17(21(24)16-8-5-9-23-11-16)22(30)25(12-19(27)28)13-20(29)31-14-15-6-3-2-4-7-15;3-2(4,5)1(6)7/h2-9,11,17,21H,10,12-14H2,1H3,(H,27,28);(H,6,7)/t17-,21+;/m0./s1. The highest BCUT2D eigenvalue weighted by Crippen LogP contribution is 2.37. The van der Waals surface area contributed by atoms with Crippen LogP contribution < -0.4 is 0 Å². The Labute approximate surface area is 214 Å². The number of carbonyl (C=O) groups excluding carboxylic acids is 3. The van der Waals surface area contributed by atoms with Crippen molar-refractivity contribution >= 4 is 29.7 Å². The third-order valence-electron chi connectivity index (χ3n) is 5.37. The van der Waals surface area contributed by atoms with Gasteiger partial charge in [0.05, 0.1) is 12.0 Å². The van der Waals surface area contributed by atoms with E-state index in [1.165, 1.54) is 4.90 Å². The number of pyridine rings is 1. The number of hydrogen-bond donors (Lipinski definition) is 2. The van der Waals surface area contributed by atoms with Gasteiger partial charge >= 0.3 is 24.1 Å². The van der Waals surface area contributed by atoms with Gasteiger partial charge in [-0.2, -0.15) is 13.2 Å². The monoisotopic (exact) mass is 539 g/mol. The molecule has 2 aromatic rings. The molecule has 3 rings (SSSR count). The first kappa shape index (κ1) is 29.7. The normalized spacial score (nSPS) is 16.7. The van der Waals surface area contributed by atoms with E-state index >= 15 is 0 Å². The van der Waals surface area contributed by atoms with Crippen molar-refractivity contribution in [3.05, 3.63) is 66.0 Å². The summed E-state index contributed by atoms with van der Waals surface area (Å²) >= 11 is 0. The second-order valence-electron chi connectivity index (χ2n) is 8.08. The van der Waals surface area contributed by atoms with E-state index in [2.05, 4.69) is 4.98 Å². The highest BCUT2D eigenvalue weighted by molar-refractivity contribution is 5.93. The lowest BCUT2D eigenvalue weighted by Crippen LogP contribution is -2.44. The second kappa shape index (κ2) is 13.2. The highest BCUT2D eigenvalue weighted by Gasteiger charge is 2.45. The molecular formula is C24H24F3N3O8. The molecule has 2 N–H and O–H groups in total. The number of esters is 1. The van der Waals surface area contributed by atoms with Crippen molar-refractivity contribution in [2.45, 2.75) is 25.2 Å². The van der Waals surface area contributed by atoms with Gasteiger partial charge in [0.1, 0.15) is 19.7 Å². The number of likely N-dealkylation sites (tertiary alicyclic amines) is 1. The highest BCUT2D eigenvalue weighted by atomic mass is 19.4. The van der Waals surface area contributed by atoms with Crippen LogP contribution in [0.15, 0.2) is 54.9 Å². The summed E-state index contributed by atoms with van der Waals surface area (Å²) in [6, 6.07) is 11.9. The fraction of sp³-hybridized carbons (Fsp3) is 0.333. The molecule has 0 unspecified atom stereocenters. The molecule has 2 heterocycles. The third-order valence-corrected chi connectivity index (χ3v) is 5.37. The number of ether oxygens (including phenoxy) is 1. The molecule has 0 aliphatic carbocycles. The lowest BCUT2D eigenvalue weighted by atomic mass is 9.93. The average molecular weight is 539 g/mol. The molecule has 1 saturated heterocycles. The molecule has 1 aromatic carbocycles. The van der Waals surface area contributed by atoms with Crippen LogP contribution in [0.25, 0.3) is 0 Å². The molecule has 0 bridgehead atoms. The van der Waals surface area contributed by atoms with Crippen molar-refractivity contribution < 1.29 is 52.1 Å². The summed E-state index contributed by atoms with van der Waals surface area (Å²) in [6.07, 6.45) is -2.02. The zero-order chi connectivity index (χ0) is 28.5. The van der Waals surface area contributed by atoms with Crippen molar-refractivity contribution in [3.63, 3.8) is 0 Å². The van der Waals surface area contributed by atoms with Crippen molar-refractivity contribution in [1.29, 1.82) is 0 Å². The van der Waals surface area contributed by atoms with Gasteiger partial charge in [0, 0.05) is 25.9 Å². The predicted molar refractivity (Wildman–Crippen MR) is 122 cm³/mol. The van der Waals surface area contributed by atoms with Crippen LogP contribution in [0.1, 0.15) is 23.6 Å². The summed E-state index contributed by atoms with van der Waals surface area (Å²) < 4.78 is 36.9. The van der Waals surface area contributed by atoms with E-state index in [9.17, 15) is 37.5 Å². The van der Waals surface area contributed by atoms with Gasteiger partial charge in [-0.3, -0.25) is 24.2 Å². The molecule has 1 aromatic heterocycles. The smallest absolute Gasteiger partial charge is 0.480 e. The number of hydrogen-bond acceptors (Lipinski definition) is 7.